The second-order valence-corrected chi connectivity index (χ2v) is 3.85. The molecule has 2 rings (SSSR count). The average molecular weight is 168 g/mol. The minimum Gasteiger partial charge on any atom is -0.199 e. The Morgan fingerprint density at radius 3 is 2.73 bits per heavy atom. The van der Waals surface area contributed by atoms with Crippen LogP contribution in [0, 0.1) is 0 Å². The molecule has 0 spiro atoms. The van der Waals surface area contributed by atoms with Gasteiger partial charge in [-0.15, -0.1) is 0 Å². The van der Waals surface area contributed by atoms with E-state index in [1.165, 1.54) is 6.21 Å². The summed E-state index contributed by atoms with van der Waals surface area (Å²) in [5, 5.41) is 0. The fourth-order valence-electron chi connectivity index (χ4n) is 1.01. The molecule has 56 valence electrons. The van der Waals surface area contributed by atoms with Crippen molar-refractivity contribution in [2.45, 2.75) is 4.90 Å². The number of sulfonamides is 1. The number of fused-ring (bicyclic) bond motifs is 1. The van der Waals surface area contributed by atoms with Gasteiger partial charge < -0.3 is 0 Å². The van der Waals surface area contributed by atoms with Crippen LogP contribution in [0.25, 0.3) is 0 Å². The number of hydrogen-bond acceptors (Lipinski definition) is 2. The molecule has 4 heteroatoms. The van der Waals surface area contributed by atoms with E-state index < -0.39 is 10.0 Å². The fraction of sp³-hybridized carbons (Fsp3) is 0. The van der Waals surface area contributed by atoms with Gasteiger partial charge in [0.2, 0.25) is 0 Å². The van der Waals surface area contributed by atoms with E-state index in [0.717, 1.165) is 0 Å². The van der Waals surface area contributed by atoms with Gasteiger partial charge in [0.25, 0.3) is 10.0 Å². The van der Waals surface area contributed by atoms with Crippen LogP contribution in [0.4, 0.5) is 0 Å². The number of nitrogens with zero attached hydrogens (tertiary/aromatic N) is 1. The summed E-state index contributed by atoms with van der Waals surface area (Å²) in [5.74, 6) is 0. The zero-order valence-electron chi connectivity index (χ0n) is 6.56. The highest BCUT2D eigenvalue weighted by molar-refractivity contribution is 7.90. The summed E-state index contributed by atoms with van der Waals surface area (Å²) in [6, 6.07) is 6.75. The van der Waals surface area contributed by atoms with Gasteiger partial charge in [-0.05, 0) is 6.07 Å². The third-order valence-electron chi connectivity index (χ3n) is 1.53. The molecule has 0 unspecified atom stereocenters. The molecule has 1 aromatic carbocycles. The van der Waals surface area contributed by atoms with Crippen LogP contribution < -0.4 is 0 Å². The molecule has 1 heterocycles. The maximum absolute atomic E-state index is 11.1. The van der Waals surface area contributed by atoms with E-state index in [1.54, 1.807) is 24.3 Å². The van der Waals surface area contributed by atoms with Crippen molar-refractivity contribution in [1.29, 1.82) is 0 Å². The first-order chi connectivity index (χ1) is 5.20. The van der Waals surface area contributed by atoms with Crippen molar-refractivity contribution in [3.8, 4) is 0 Å². The molecule has 0 N–H and O–H groups in total. The molecule has 0 radical (unpaired) electrons. The number of benzene rings is 1. The van der Waals surface area contributed by atoms with E-state index in [9.17, 15) is 8.42 Å². The Bertz CT molecular complexity index is 425. The van der Waals surface area contributed by atoms with Crippen LogP contribution in [0.3, 0.4) is 0 Å². The highest BCUT2D eigenvalue weighted by atomic mass is 32.2. The molecule has 0 bridgehead atoms. The molecule has 11 heavy (non-hydrogen) atoms. The van der Waals surface area contributed by atoms with Crippen molar-refractivity contribution >= 4 is 16.2 Å². The summed E-state index contributed by atoms with van der Waals surface area (Å²) in [4.78, 5) is 0.306. The van der Waals surface area contributed by atoms with Gasteiger partial charge in [-0.25, -0.2) is 0 Å². The van der Waals surface area contributed by atoms with Crippen LogP contribution in [0.5, 0.6) is 0 Å². The molecule has 0 saturated heterocycles. The Kier molecular flexibility index (Phi) is 1.14. The Hall–Kier alpha value is -1.16. The monoisotopic (exact) mass is 168 g/mol. The van der Waals surface area contributed by atoms with E-state index in [-0.39, 0.29) is 1.43 Å². The molecule has 0 atom stereocenters. The van der Waals surface area contributed by atoms with Crippen molar-refractivity contribution < 1.29 is 9.84 Å². The van der Waals surface area contributed by atoms with Crippen molar-refractivity contribution in [1.82, 2.24) is 0 Å². The first-order valence-electron chi connectivity index (χ1n) is 3.09. The van der Waals surface area contributed by atoms with Gasteiger partial charge in [-0.2, -0.15) is 12.8 Å². The second-order valence-electron chi connectivity index (χ2n) is 2.25. The van der Waals surface area contributed by atoms with Crippen LogP contribution in [0.1, 0.15) is 6.99 Å². The summed E-state index contributed by atoms with van der Waals surface area (Å²) >= 11 is 0. The smallest absolute Gasteiger partial charge is 0.199 e. The molecule has 3 nitrogen and oxygen atoms in total. The lowest BCUT2D eigenvalue weighted by Gasteiger charge is -1.92. The largest absolute Gasteiger partial charge is 1.00 e. The standard InChI is InChI=1S/C7H5NO2S/c9-11(10)7-4-2-1-3-6(7)5-8-11/h1-5H/p+1. The van der Waals surface area contributed by atoms with Crippen LogP contribution in [-0.4, -0.2) is 14.6 Å². The van der Waals surface area contributed by atoms with Gasteiger partial charge in [0.15, 0.2) is 0 Å². The first kappa shape index (κ1) is 6.54. The van der Waals surface area contributed by atoms with Crippen molar-refractivity contribution in [3.63, 3.8) is 0 Å². The summed E-state index contributed by atoms with van der Waals surface area (Å²) in [6.45, 7) is 0. The fourth-order valence-corrected chi connectivity index (χ4v) is 2.04. The van der Waals surface area contributed by atoms with Gasteiger partial charge in [0.1, 0.15) is 0 Å². The topological polar surface area (TPSA) is 46.5 Å². The molecular formula is C7H6NO2S+. The third-order valence-corrected chi connectivity index (χ3v) is 2.84. The molecular weight excluding hydrogens is 162 g/mol. The molecule has 0 saturated carbocycles. The predicted octanol–water partition coefficient (Wildman–Crippen LogP) is 0.920. The molecule has 0 amide bonds. The highest BCUT2D eigenvalue weighted by Crippen LogP contribution is 2.21. The quantitative estimate of drug-likeness (QED) is 0.578. The number of rotatable bonds is 0. The Morgan fingerprint density at radius 2 is 2.00 bits per heavy atom. The summed E-state index contributed by atoms with van der Waals surface area (Å²) in [7, 11) is -3.34. The van der Waals surface area contributed by atoms with E-state index in [1.807, 2.05) is 0 Å². The van der Waals surface area contributed by atoms with Crippen molar-refractivity contribution in [2.24, 2.45) is 4.40 Å². The predicted molar refractivity (Wildman–Crippen MR) is 42.3 cm³/mol. The van der Waals surface area contributed by atoms with E-state index in [2.05, 4.69) is 4.40 Å². The minimum atomic E-state index is -3.34. The van der Waals surface area contributed by atoms with Gasteiger partial charge >= 0.3 is 1.43 Å². The summed E-state index contributed by atoms with van der Waals surface area (Å²) in [6.07, 6.45) is 1.37. The lowest BCUT2D eigenvalue weighted by atomic mass is 10.2. The van der Waals surface area contributed by atoms with Crippen LogP contribution in [-0.2, 0) is 10.0 Å². The number of hydrogen-bond donors (Lipinski definition) is 0. The Labute approximate surface area is 65.9 Å². The van der Waals surface area contributed by atoms with Gasteiger partial charge in [0, 0.05) is 11.8 Å². The molecule has 0 fully saturated rings. The van der Waals surface area contributed by atoms with Crippen LogP contribution >= 0.6 is 0 Å². The zero-order chi connectivity index (χ0) is 7.90. The summed E-state index contributed by atoms with van der Waals surface area (Å²) < 4.78 is 25.5. The lowest BCUT2D eigenvalue weighted by molar-refractivity contribution is 0.599. The minimum absolute atomic E-state index is 0. The normalized spacial score (nSPS) is 18.2. The maximum atomic E-state index is 11.1. The van der Waals surface area contributed by atoms with Gasteiger partial charge in [0.05, 0.1) is 4.90 Å². The summed E-state index contributed by atoms with van der Waals surface area (Å²) in [5.41, 5.74) is 0.674. The molecule has 1 aliphatic rings. The Morgan fingerprint density at radius 1 is 1.27 bits per heavy atom. The molecule has 0 aliphatic carbocycles. The van der Waals surface area contributed by atoms with E-state index >= 15 is 0 Å². The van der Waals surface area contributed by atoms with Gasteiger partial charge in [-0.1, -0.05) is 18.2 Å². The first-order valence-corrected chi connectivity index (χ1v) is 4.53. The second kappa shape index (κ2) is 1.92. The molecule has 1 aromatic rings. The average Bonchev–Trinajstić information content (AvgIpc) is 2.29. The maximum Gasteiger partial charge on any atom is 1.00 e. The van der Waals surface area contributed by atoms with Crippen LogP contribution in [0.2, 0.25) is 0 Å². The molecule has 0 aromatic heterocycles. The van der Waals surface area contributed by atoms with Crippen LogP contribution in [0.15, 0.2) is 33.6 Å². The molecule has 1 aliphatic heterocycles. The lowest BCUT2D eigenvalue weighted by Crippen LogP contribution is -1.91. The SMILES string of the molecule is O=S1(=O)N=Cc2ccccc21.[H+]. The Balaban J connectivity index is 0.000000720. The highest BCUT2D eigenvalue weighted by Gasteiger charge is 2.20. The van der Waals surface area contributed by atoms with E-state index in [0.29, 0.717) is 10.5 Å². The third kappa shape index (κ3) is 0.867. The van der Waals surface area contributed by atoms with Crippen molar-refractivity contribution in [3.05, 3.63) is 29.8 Å². The van der Waals surface area contributed by atoms with E-state index in [4.69, 9.17) is 0 Å². The zero-order valence-corrected chi connectivity index (χ0v) is 6.38. The van der Waals surface area contributed by atoms with Gasteiger partial charge in [-0.3, -0.25) is 0 Å². The van der Waals surface area contributed by atoms with Crippen molar-refractivity contribution in [2.75, 3.05) is 0 Å².